The number of carbonyl (C=O) groups excluding carboxylic acids is 4. The summed E-state index contributed by atoms with van der Waals surface area (Å²) in [5.41, 5.74) is 0.531. The van der Waals surface area contributed by atoms with E-state index in [0.717, 1.165) is 12.0 Å². The number of aromatic amines is 1. The van der Waals surface area contributed by atoms with Crippen LogP contribution in [0.5, 0.6) is 0 Å². The number of hydrogen-bond donors (Lipinski definition) is 2. The van der Waals surface area contributed by atoms with Gasteiger partial charge in [-0.3, -0.25) is 39.2 Å². The number of carbonyl (C=O) groups is 4. The number of aromatic nitrogens is 4. The van der Waals surface area contributed by atoms with E-state index in [-0.39, 0.29) is 84.7 Å². The summed E-state index contributed by atoms with van der Waals surface area (Å²) in [6, 6.07) is 9.42. The predicted octanol–water partition coefficient (Wildman–Crippen LogP) is 0.914. The monoisotopic (exact) mass is 529 g/mol. The average molecular weight is 530 g/mol. The number of imide groups is 1. The van der Waals surface area contributed by atoms with Gasteiger partial charge in [0.05, 0.1) is 18.2 Å². The lowest BCUT2D eigenvalue weighted by atomic mass is 9.85. The van der Waals surface area contributed by atoms with Crippen LogP contribution in [0.4, 0.5) is 5.95 Å². The molecule has 3 heterocycles. The maximum atomic E-state index is 13.6. The summed E-state index contributed by atoms with van der Waals surface area (Å²) in [5, 5.41) is 2.43. The molecule has 3 aromatic rings. The zero-order valence-corrected chi connectivity index (χ0v) is 21.2. The summed E-state index contributed by atoms with van der Waals surface area (Å²) in [4.78, 5) is 77.4. The van der Waals surface area contributed by atoms with Crippen molar-refractivity contribution in [1.82, 2.24) is 29.3 Å². The van der Waals surface area contributed by atoms with E-state index in [1.54, 1.807) is 4.90 Å². The van der Waals surface area contributed by atoms with Crippen molar-refractivity contribution in [2.24, 2.45) is 23.7 Å². The topological polar surface area (TPSA) is 150 Å². The third-order valence-electron chi connectivity index (χ3n) is 7.80. The number of likely N-dealkylation sites (tertiary alicyclic amines) is 1. The number of anilines is 1. The van der Waals surface area contributed by atoms with Gasteiger partial charge in [-0.25, -0.2) is 4.98 Å². The number of allylic oxidation sites excluding steroid dienone is 2. The molecule has 4 atom stereocenters. The molecule has 12 heteroatoms. The van der Waals surface area contributed by atoms with Crippen LogP contribution in [0.15, 0.2) is 53.6 Å². The van der Waals surface area contributed by atoms with Crippen LogP contribution < -0.4 is 10.9 Å². The van der Waals surface area contributed by atoms with Crippen LogP contribution in [0.1, 0.15) is 18.9 Å². The Balaban J connectivity index is 1.22. The standard InChI is InChI=1S/C27H27N7O5/c1-15(35)29-27-30-23-22(24(37)31-27)28-14-33(23)13-19(36)32(12-16-5-3-2-4-6-16)9-10-34-25(38)20-17-7-8-18(11-17)21(20)26(34)39/h2-8,14,17-18,20-21H,9-13H2,1H3,(H2,29,30,31,35,37)/t17-,18+,20+,21-. The summed E-state index contributed by atoms with van der Waals surface area (Å²) in [6.07, 6.45) is 6.31. The molecule has 2 aromatic heterocycles. The second kappa shape index (κ2) is 9.61. The first-order valence-electron chi connectivity index (χ1n) is 12.9. The number of H-pyrrole nitrogens is 1. The molecule has 3 aliphatic rings. The van der Waals surface area contributed by atoms with Crippen molar-refractivity contribution < 1.29 is 19.2 Å². The number of hydrogen-bond acceptors (Lipinski definition) is 7. The Labute approximate surface area is 222 Å². The number of benzene rings is 1. The van der Waals surface area contributed by atoms with Crippen LogP contribution in [0, 0.1) is 23.7 Å². The van der Waals surface area contributed by atoms with Crippen LogP contribution in [0.3, 0.4) is 0 Å². The molecule has 0 unspecified atom stereocenters. The van der Waals surface area contributed by atoms with E-state index in [1.165, 1.54) is 22.7 Å². The molecule has 39 heavy (non-hydrogen) atoms. The van der Waals surface area contributed by atoms with Gasteiger partial charge < -0.3 is 9.47 Å². The van der Waals surface area contributed by atoms with Crippen LogP contribution in [-0.2, 0) is 32.3 Å². The van der Waals surface area contributed by atoms with Gasteiger partial charge in [0.15, 0.2) is 11.2 Å². The zero-order chi connectivity index (χ0) is 27.3. The third-order valence-corrected chi connectivity index (χ3v) is 7.80. The fraction of sp³-hybridized carbons (Fsp3) is 0.370. The fourth-order valence-corrected chi connectivity index (χ4v) is 6.04. The van der Waals surface area contributed by atoms with Crippen molar-refractivity contribution in [1.29, 1.82) is 0 Å². The van der Waals surface area contributed by atoms with Crippen molar-refractivity contribution in [3.63, 3.8) is 0 Å². The fourth-order valence-electron chi connectivity index (χ4n) is 6.04. The summed E-state index contributed by atoms with van der Waals surface area (Å²) in [5.74, 6) is -1.39. The number of nitrogens with zero attached hydrogens (tertiary/aromatic N) is 5. The van der Waals surface area contributed by atoms with Crippen molar-refractivity contribution in [2.45, 2.75) is 26.4 Å². The quantitative estimate of drug-likeness (QED) is 0.325. The number of rotatable bonds is 8. The Bertz CT molecular complexity index is 1550. The molecule has 6 rings (SSSR count). The Morgan fingerprint density at radius 3 is 2.44 bits per heavy atom. The summed E-state index contributed by atoms with van der Waals surface area (Å²) >= 11 is 0. The van der Waals surface area contributed by atoms with Gasteiger partial charge in [-0.1, -0.05) is 42.5 Å². The molecule has 2 bridgehead atoms. The minimum atomic E-state index is -0.545. The molecular formula is C27H27N7O5. The number of imidazole rings is 1. The van der Waals surface area contributed by atoms with Crippen molar-refractivity contribution in [3.8, 4) is 0 Å². The van der Waals surface area contributed by atoms with Gasteiger partial charge in [-0.15, -0.1) is 0 Å². The first-order valence-corrected chi connectivity index (χ1v) is 12.9. The molecule has 2 fully saturated rings. The molecule has 2 aliphatic carbocycles. The first kappa shape index (κ1) is 24.7. The molecule has 4 amide bonds. The molecule has 200 valence electrons. The average Bonchev–Trinajstić information content (AvgIpc) is 3.67. The van der Waals surface area contributed by atoms with Crippen molar-refractivity contribution >= 4 is 40.7 Å². The van der Waals surface area contributed by atoms with Crippen LogP contribution >= 0.6 is 0 Å². The Hall–Kier alpha value is -4.61. The molecule has 2 N–H and O–H groups in total. The van der Waals surface area contributed by atoms with Gasteiger partial charge in [0.2, 0.25) is 29.6 Å². The Morgan fingerprint density at radius 2 is 1.77 bits per heavy atom. The van der Waals surface area contributed by atoms with Gasteiger partial charge in [-0.2, -0.15) is 4.98 Å². The van der Waals surface area contributed by atoms with Crippen LogP contribution in [0.25, 0.3) is 11.2 Å². The van der Waals surface area contributed by atoms with Gasteiger partial charge >= 0.3 is 0 Å². The Morgan fingerprint density at radius 1 is 1.08 bits per heavy atom. The largest absolute Gasteiger partial charge is 0.335 e. The normalized spacial score (nSPS) is 23.1. The second-order valence-corrected chi connectivity index (χ2v) is 10.3. The highest BCUT2D eigenvalue weighted by Gasteiger charge is 2.59. The summed E-state index contributed by atoms with van der Waals surface area (Å²) in [7, 11) is 0. The highest BCUT2D eigenvalue weighted by Crippen LogP contribution is 2.52. The lowest BCUT2D eigenvalue weighted by Crippen LogP contribution is -2.42. The smallest absolute Gasteiger partial charge is 0.280 e. The SMILES string of the molecule is CC(=O)Nc1nc2c(ncn2CC(=O)N(CCN2C(=O)[C@@H]3[C@H](C2=O)[C@H]2C=C[C@@H]3C2)Cc2ccccc2)c(=O)[nH]1. The third kappa shape index (κ3) is 4.41. The first-order chi connectivity index (χ1) is 18.8. The van der Waals surface area contributed by atoms with E-state index in [2.05, 4.69) is 32.4 Å². The van der Waals surface area contributed by atoms with Crippen molar-refractivity contribution in [3.05, 3.63) is 64.7 Å². The lowest BCUT2D eigenvalue weighted by molar-refractivity contribution is -0.142. The van der Waals surface area contributed by atoms with E-state index < -0.39 is 11.5 Å². The highest BCUT2D eigenvalue weighted by molar-refractivity contribution is 6.06. The molecule has 12 nitrogen and oxygen atoms in total. The second-order valence-electron chi connectivity index (χ2n) is 10.3. The zero-order valence-electron chi connectivity index (χ0n) is 21.2. The predicted molar refractivity (Wildman–Crippen MR) is 139 cm³/mol. The molecule has 0 spiro atoms. The van der Waals surface area contributed by atoms with E-state index in [9.17, 15) is 24.0 Å². The molecule has 0 radical (unpaired) electrons. The molecular weight excluding hydrogens is 502 g/mol. The van der Waals surface area contributed by atoms with E-state index in [1.807, 2.05) is 30.3 Å². The van der Waals surface area contributed by atoms with Crippen LogP contribution in [-0.4, -0.2) is 66.0 Å². The maximum absolute atomic E-state index is 13.6. The van der Waals surface area contributed by atoms with Gasteiger partial charge in [-0.05, 0) is 23.8 Å². The van der Waals surface area contributed by atoms with Gasteiger partial charge in [0.25, 0.3) is 5.56 Å². The molecule has 1 aromatic carbocycles. The number of nitrogens with one attached hydrogen (secondary N) is 2. The lowest BCUT2D eigenvalue weighted by Gasteiger charge is -2.26. The molecule has 1 aliphatic heterocycles. The van der Waals surface area contributed by atoms with E-state index in [0.29, 0.717) is 0 Å². The molecule has 1 saturated heterocycles. The Kier molecular flexibility index (Phi) is 6.09. The van der Waals surface area contributed by atoms with E-state index in [4.69, 9.17) is 0 Å². The highest BCUT2D eigenvalue weighted by atomic mass is 16.2. The van der Waals surface area contributed by atoms with Crippen LogP contribution in [0.2, 0.25) is 0 Å². The minimum absolute atomic E-state index is 0.0366. The summed E-state index contributed by atoms with van der Waals surface area (Å²) in [6.45, 7) is 1.65. The molecule has 1 saturated carbocycles. The number of fused-ring (bicyclic) bond motifs is 6. The minimum Gasteiger partial charge on any atom is -0.335 e. The summed E-state index contributed by atoms with van der Waals surface area (Å²) < 4.78 is 1.44. The van der Waals surface area contributed by atoms with E-state index >= 15 is 0 Å². The van der Waals surface area contributed by atoms with Crippen molar-refractivity contribution in [2.75, 3.05) is 18.4 Å². The maximum Gasteiger partial charge on any atom is 0.280 e. The number of amides is 4. The van der Waals surface area contributed by atoms with Gasteiger partial charge in [0.1, 0.15) is 6.54 Å². The van der Waals surface area contributed by atoms with Gasteiger partial charge in [0, 0.05) is 26.6 Å².